The predicted octanol–water partition coefficient (Wildman–Crippen LogP) is 1.44. The molecule has 5 nitrogen and oxygen atoms in total. The highest BCUT2D eigenvalue weighted by atomic mass is 15.3. The van der Waals surface area contributed by atoms with Gasteiger partial charge in [-0.1, -0.05) is 12.1 Å². The van der Waals surface area contributed by atoms with Gasteiger partial charge in [-0.05, 0) is 33.3 Å². The van der Waals surface area contributed by atoms with Gasteiger partial charge in [-0.2, -0.15) is 0 Å². The fourth-order valence-corrected chi connectivity index (χ4v) is 2.72. The molecule has 1 aromatic carbocycles. The van der Waals surface area contributed by atoms with Gasteiger partial charge in [0.1, 0.15) is 11.6 Å². The van der Waals surface area contributed by atoms with Crippen LogP contribution in [0.15, 0.2) is 24.3 Å². The van der Waals surface area contributed by atoms with E-state index < -0.39 is 0 Å². The molecule has 5 heteroatoms. The molecule has 0 radical (unpaired) electrons. The summed E-state index contributed by atoms with van der Waals surface area (Å²) < 4.78 is 0. The molecule has 0 saturated carbocycles. The first-order valence-electron chi connectivity index (χ1n) is 7.47. The molecule has 1 aliphatic heterocycles. The van der Waals surface area contributed by atoms with Crippen LogP contribution in [0.3, 0.4) is 0 Å². The molecule has 0 amide bonds. The number of hydrogen-bond acceptors (Lipinski definition) is 5. The van der Waals surface area contributed by atoms with Gasteiger partial charge in [0.25, 0.3) is 0 Å². The van der Waals surface area contributed by atoms with Gasteiger partial charge in [-0.25, -0.2) is 9.97 Å². The first kappa shape index (κ1) is 14.2. The van der Waals surface area contributed by atoms with E-state index >= 15 is 0 Å². The Labute approximate surface area is 126 Å². The highest BCUT2D eigenvalue weighted by Gasteiger charge is 2.19. The fraction of sp³-hybridized carbons (Fsp3) is 0.500. The smallest absolute Gasteiger partial charge is 0.145 e. The van der Waals surface area contributed by atoms with Crippen LogP contribution >= 0.6 is 0 Å². The van der Waals surface area contributed by atoms with Crippen LogP contribution in [0.1, 0.15) is 5.82 Å². The summed E-state index contributed by atoms with van der Waals surface area (Å²) in [5, 5.41) is 1.16. The van der Waals surface area contributed by atoms with Crippen molar-refractivity contribution in [3.63, 3.8) is 0 Å². The number of piperazine rings is 1. The zero-order chi connectivity index (χ0) is 14.8. The number of rotatable bonds is 3. The second kappa shape index (κ2) is 5.95. The SMILES string of the molecule is CN(C)Cc1nc(N2CCN(C)CC2)c2ccccc2n1. The molecule has 0 N–H and O–H groups in total. The maximum absolute atomic E-state index is 4.84. The topological polar surface area (TPSA) is 35.5 Å². The molecular formula is C16H23N5. The quantitative estimate of drug-likeness (QED) is 0.853. The Bertz CT molecular complexity index is 617. The van der Waals surface area contributed by atoms with Gasteiger partial charge >= 0.3 is 0 Å². The van der Waals surface area contributed by atoms with E-state index in [-0.39, 0.29) is 0 Å². The van der Waals surface area contributed by atoms with Crippen molar-refractivity contribution in [1.29, 1.82) is 0 Å². The van der Waals surface area contributed by atoms with Gasteiger partial charge in [-0.15, -0.1) is 0 Å². The summed E-state index contributed by atoms with van der Waals surface area (Å²) in [7, 11) is 6.27. The summed E-state index contributed by atoms with van der Waals surface area (Å²) in [6.45, 7) is 4.99. The molecule has 3 rings (SSSR count). The lowest BCUT2D eigenvalue weighted by atomic mass is 10.2. The molecule has 1 saturated heterocycles. The first-order valence-corrected chi connectivity index (χ1v) is 7.47. The number of hydrogen-bond donors (Lipinski definition) is 0. The van der Waals surface area contributed by atoms with E-state index in [0.717, 1.165) is 55.3 Å². The molecule has 2 heterocycles. The summed E-state index contributed by atoms with van der Waals surface area (Å²) >= 11 is 0. The van der Waals surface area contributed by atoms with Crippen molar-refractivity contribution in [2.45, 2.75) is 6.54 Å². The van der Waals surface area contributed by atoms with Crippen LogP contribution < -0.4 is 4.90 Å². The van der Waals surface area contributed by atoms with Crippen molar-refractivity contribution >= 4 is 16.7 Å². The van der Waals surface area contributed by atoms with Crippen molar-refractivity contribution < 1.29 is 0 Å². The minimum absolute atomic E-state index is 0.769. The predicted molar refractivity (Wildman–Crippen MR) is 86.6 cm³/mol. The molecule has 1 fully saturated rings. The van der Waals surface area contributed by atoms with E-state index in [1.807, 2.05) is 20.2 Å². The Morgan fingerprint density at radius 1 is 1.05 bits per heavy atom. The third-order valence-corrected chi connectivity index (χ3v) is 3.89. The first-order chi connectivity index (χ1) is 10.1. The van der Waals surface area contributed by atoms with Crippen molar-refractivity contribution in [3.8, 4) is 0 Å². The van der Waals surface area contributed by atoms with E-state index in [0.29, 0.717) is 0 Å². The highest BCUT2D eigenvalue weighted by Crippen LogP contribution is 2.24. The molecule has 0 spiro atoms. The third-order valence-electron chi connectivity index (χ3n) is 3.89. The summed E-state index contributed by atoms with van der Waals surface area (Å²) in [6, 6.07) is 8.32. The van der Waals surface area contributed by atoms with Crippen molar-refractivity contribution in [2.24, 2.45) is 0 Å². The van der Waals surface area contributed by atoms with E-state index in [1.54, 1.807) is 0 Å². The molecule has 0 aliphatic carbocycles. The minimum atomic E-state index is 0.769. The average molecular weight is 285 g/mol. The number of aromatic nitrogens is 2. The van der Waals surface area contributed by atoms with Crippen molar-refractivity contribution in [3.05, 3.63) is 30.1 Å². The van der Waals surface area contributed by atoms with Gasteiger partial charge in [-0.3, -0.25) is 0 Å². The van der Waals surface area contributed by atoms with Crippen molar-refractivity contribution in [1.82, 2.24) is 19.8 Å². The number of para-hydroxylation sites is 1. The largest absolute Gasteiger partial charge is 0.353 e. The number of likely N-dealkylation sites (N-methyl/N-ethyl adjacent to an activating group) is 1. The molecule has 1 aromatic heterocycles. The average Bonchev–Trinajstić information content (AvgIpc) is 2.46. The van der Waals surface area contributed by atoms with E-state index in [1.165, 1.54) is 0 Å². The maximum Gasteiger partial charge on any atom is 0.145 e. The normalized spacial score (nSPS) is 16.9. The summed E-state index contributed by atoms with van der Waals surface area (Å²) in [6.07, 6.45) is 0. The molecule has 2 aromatic rings. The lowest BCUT2D eigenvalue weighted by Gasteiger charge is -2.34. The molecular weight excluding hydrogens is 262 g/mol. The minimum Gasteiger partial charge on any atom is -0.353 e. The monoisotopic (exact) mass is 285 g/mol. The standard InChI is InChI=1S/C16H23N5/c1-19(2)12-15-17-14-7-5-4-6-13(14)16(18-15)21-10-8-20(3)9-11-21/h4-7H,8-12H2,1-3H3. The number of fused-ring (bicyclic) bond motifs is 1. The van der Waals surface area contributed by atoms with Crippen LogP contribution in [0.4, 0.5) is 5.82 Å². The Morgan fingerprint density at radius 3 is 2.48 bits per heavy atom. The Kier molecular flexibility index (Phi) is 4.03. The van der Waals surface area contributed by atoms with E-state index in [9.17, 15) is 0 Å². The van der Waals surface area contributed by atoms with Crippen LogP contribution in [0.5, 0.6) is 0 Å². The van der Waals surface area contributed by atoms with Gasteiger partial charge in [0.05, 0.1) is 12.1 Å². The molecule has 112 valence electrons. The Hall–Kier alpha value is -1.72. The molecule has 0 unspecified atom stereocenters. The maximum atomic E-state index is 4.84. The number of nitrogens with zero attached hydrogens (tertiary/aromatic N) is 5. The van der Waals surface area contributed by atoms with Crippen molar-refractivity contribution in [2.75, 3.05) is 52.2 Å². The molecule has 0 bridgehead atoms. The number of benzene rings is 1. The van der Waals surface area contributed by atoms with E-state index in [4.69, 9.17) is 9.97 Å². The zero-order valence-corrected chi connectivity index (χ0v) is 13.1. The number of anilines is 1. The van der Waals surface area contributed by atoms with Crippen LogP contribution in [-0.4, -0.2) is 67.1 Å². The Balaban J connectivity index is 2.02. The lowest BCUT2D eigenvalue weighted by molar-refractivity contribution is 0.312. The molecule has 21 heavy (non-hydrogen) atoms. The van der Waals surface area contributed by atoms with Gasteiger partial charge in [0.2, 0.25) is 0 Å². The highest BCUT2D eigenvalue weighted by molar-refractivity contribution is 5.89. The zero-order valence-electron chi connectivity index (χ0n) is 13.1. The van der Waals surface area contributed by atoms with Crippen LogP contribution in [0.25, 0.3) is 10.9 Å². The Morgan fingerprint density at radius 2 is 1.76 bits per heavy atom. The fourth-order valence-electron chi connectivity index (χ4n) is 2.72. The second-order valence-corrected chi connectivity index (χ2v) is 6.01. The lowest BCUT2D eigenvalue weighted by Crippen LogP contribution is -2.45. The summed E-state index contributed by atoms with van der Waals surface area (Å²) in [4.78, 5) is 16.4. The van der Waals surface area contributed by atoms with Gasteiger partial charge in [0.15, 0.2) is 0 Å². The summed E-state index contributed by atoms with van der Waals surface area (Å²) in [5.41, 5.74) is 1.04. The second-order valence-electron chi connectivity index (χ2n) is 6.01. The third kappa shape index (κ3) is 3.14. The van der Waals surface area contributed by atoms with Crippen LogP contribution in [0.2, 0.25) is 0 Å². The summed E-state index contributed by atoms with van der Waals surface area (Å²) in [5.74, 6) is 1.98. The van der Waals surface area contributed by atoms with Crippen LogP contribution in [0, 0.1) is 0 Å². The molecule has 1 aliphatic rings. The van der Waals surface area contributed by atoms with E-state index in [2.05, 4.69) is 39.9 Å². The van der Waals surface area contributed by atoms with Gasteiger partial charge in [0, 0.05) is 31.6 Å². The van der Waals surface area contributed by atoms with Crippen LogP contribution in [-0.2, 0) is 6.54 Å². The van der Waals surface area contributed by atoms with Gasteiger partial charge < -0.3 is 14.7 Å². The molecule has 0 atom stereocenters.